The van der Waals surface area contributed by atoms with Crippen LogP contribution < -0.4 is 11.1 Å². The van der Waals surface area contributed by atoms with Gasteiger partial charge in [0.05, 0.1) is 0 Å². The normalized spacial score (nSPS) is 18.2. The SMILES string of the molecule is CCCOCCCNC(=O)CC1(N)CCCC1. The first-order chi connectivity index (χ1) is 8.16. The highest BCUT2D eigenvalue weighted by molar-refractivity contribution is 5.77. The maximum Gasteiger partial charge on any atom is 0.221 e. The van der Waals surface area contributed by atoms with Crippen LogP contribution in [0, 0.1) is 0 Å². The minimum absolute atomic E-state index is 0.0879. The summed E-state index contributed by atoms with van der Waals surface area (Å²) in [7, 11) is 0. The number of hydrogen-bond donors (Lipinski definition) is 2. The molecule has 0 heterocycles. The first-order valence-electron chi connectivity index (χ1n) is 6.80. The summed E-state index contributed by atoms with van der Waals surface area (Å²) in [5, 5.41) is 2.91. The highest BCUT2D eigenvalue weighted by atomic mass is 16.5. The number of hydrogen-bond acceptors (Lipinski definition) is 3. The lowest BCUT2D eigenvalue weighted by atomic mass is 9.94. The van der Waals surface area contributed by atoms with Crippen molar-refractivity contribution in [3.63, 3.8) is 0 Å². The third-order valence-corrected chi connectivity index (χ3v) is 3.25. The van der Waals surface area contributed by atoms with Crippen molar-refractivity contribution in [3.8, 4) is 0 Å². The zero-order valence-electron chi connectivity index (χ0n) is 11.0. The van der Waals surface area contributed by atoms with Gasteiger partial charge in [-0.3, -0.25) is 4.79 Å². The molecule has 0 aromatic carbocycles. The summed E-state index contributed by atoms with van der Waals surface area (Å²) in [6.07, 6.45) is 6.69. The fourth-order valence-corrected chi connectivity index (χ4v) is 2.29. The molecule has 0 radical (unpaired) electrons. The van der Waals surface area contributed by atoms with Crippen LogP contribution in [0.3, 0.4) is 0 Å². The van der Waals surface area contributed by atoms with Crippen LogP contribution >= 0.6 is 0 Å². The summed E-state index contributed by atoms with van der Waals surface area (Å²) in [6.45, 7) is 4.31. The van der Waals surface area contributed by atoms with Crippen molar-refractivity contribution >= 4 is 5.91 Å². The van der Waals surface area contributed by atoms with Gasteiger partial charge in [-0.15, -0.1) is 0 Å². The van der Waals surface area contributed by atoms with E-state index in [-0.39, 0.29) is 11.4 Å². The molecule has 1 aliphatic carbocycles. The molecule has 0 aromatic rings. The van der Waals surface area contributed by atoms with Crippen molar-refractivity contribution in [2.75, 3.05) is 19.8 Å². The molecule has 1 saturated carbocycles. The molecule has 0 aliphatic heterocycles. The van der Waals surface area contributed by atoms with Crippen molar-refractivity contribution in [2.24, 2.45) is 5.73 Å². The van der Waals surface area contributed by atoms with Crippen molar-refractivity contribution in [1.29, 1.82) is 0 Å². The lowest BCUT2D eigenvalue weighted by Gasteiger charge is -2.22. The van der Waals surface area contributed by atoms with Crippen LogP contribution in [0.5, 0.6) is 0 Å². The molecular weight excluding hydrogens is 216 g/mol. The molecule has 0 spiro atoms. The predicted octanol–water partition coefficient (Wildman–Crippen LogP) is 1.58. The lowest BCUT2D eigenvalue weighted by Crippen LogP contribution is -2.42. The largest absolute Gasteiger partial charge is 0.381 e. The molecule has 17 heavy (non-hydrogen) atoms. The number of carbonyl (C=O) groups is 1. The molecule has 0 unspecified atom stereocenters. The summed E-state index contributed by atoms with van der Waals surface area (Å²) in [4.78, 5) is 11.7. The van der Waals surface area contributed by atoms with Gasteiger partial charge in [-0.25, -0.2) is 0 Å². The third kappa shape index (κ3) is 6.03. The van der Waals surface area contributed by atoms with E-state index < -0.39 is 0 Å². The van der Waals surface area contributed by atoms with E-state index in [4.69, 9.17) is 10.5 Å². The van der Waals surface area contributed by atoms with Crippen LogP contribution in [0.25, 0.3) is 0 Å². The molecular formula is C13H26N2O2. The Kier molecular flexibility index (Phi) is 6.52. The van der Waals surface area contributed by atoms with Gasteiger partial charge in [-0.1, -0.05) is 19.8 Å². The second-order valence-corrected chi connectivity index (χ2v) is 5.06. The van der Waals surface area contributed by atoms with Crippen molar-refractivity contribution < 1.29 is 9.53 Å². The number of ether oxygens (including phenoxy) is 1. The fourth-order valence-electron chi connectivity index (χ4n) is 2.29. The van der Waals surface area contributed by atoms with Gasteiger partial charge in [0.25, 0.3) is 0 Å². The van der Waals surface area contributed by atoms with E-state index in [1.54, 1.807) is 0 Å². The second kappa shape index (κ2) is 7.67. The van der Waals surface area contributed by atoms with Crippen LogP contribution in [-0.2, 0) is 9.53 Å². The molecule has 1 fully saturated rings. The Morgan fingerprint density at radius 3 is 2.71 bits per heavy atom. The van der Waals surface area contributed by atoms with Crippen molar-refractivity contribution in [2.45, 2.75) is 57.4 Å². The molecule has 4 heteroatoms. The minimum atomic E-state index is -0.233. The van der Waals surface area contributed by atoms with Crippen LogP contribution in [0.1, 0.15) is 51.9 Å². The van der Waals surface area contributed by atoms with E-state index in [1.165, 1.54) is 0 Å². The van der Waals surface area contributed by atoms with Gasteiger partial charge in [-0.2, -0.15) is 0 Å². The van der Waals surface area contributed by atoms with E-state index in [2.05, 4.69) is 12.2 Å². The van der Waals surface area contributed by atoms with Gasteiger partial charge < -0.3 is 15.8 Å². The summed E-state index contributed by atoms with van der Waals surface area (Å²) in [6, 6.07) is 0. The number of nitrogens with one attached hydrogen (secondary N) is 1. The standard InChI is InChI=1S/C13H26N2O2/c1-2-9-17-10-5-8-15-12(16)11-13(14)6-3-4-7-13/h2-11,14H2,1H3,(H,15,16). The van der Waals surface area contributed by atoms with Gasteiger partial charge in [0.2, 0.25) is 5.91 Å². The third-order valence-electron chi connectivity index (χ3n) is 3.25. The van der Waals surface area contributed by atoms with Crippen LogP contribution in [0.2, 0.25) is 0 Å². The Labute approximate surface area is 104 Å². The zero-order chi connectivity index (χ0) is 12.6. The Hall–Kier alpha value is -0.610. The van der Waals surface area contributed by atoms with Gasteiger partial charge >= 0.3 is 0 Å². The topological polar surface area (TPSA) is 64.3 Å². The monoisotopic (exact) mass is 242 g/mol. The minimum Gasteiger partial charge on any atom is -0.381 e. The van der Waals surface area contributed by atoms with Crippen molar-refractivity contribution in [1.82, 2.24) is 5.32 Å². The first kappa shape index (κ1) is 14.5. The fraction of sp³-hybridized carbons (Fsp3) is 0.923. The van der Waals surface area contributed by atoms with E-state index in [1.807, 2.05) is 0 Å². The maximum atomic E-state index is 11.7. The van der Waals surface area contributed by atoms with E-state index in [9.17, 15) is 4.79 Å². The van der Waals surface area contributed by atoms with Gasteiger partial charge in [0.15, 0.2) is 0 Å². The van der Waals surface area contributed by atoms with Crippen molar-refractivity contribution in [3.05, 3.63) is 0 Å². The maximum absolute atomic E-state index is 11.7. The van der Waals surface area contributed by atoms with Crippen LogP contribution in [-0.4, -0.2) is 31.2 Å². The molecule has 1 rings (SSSR count). The predicted molar refractivity (Wildman–Crippen MR) is 68.7 cm³/mol. The molecule has 1 amide bonds. The highest BCUT2D eigenvalue weighted by Gasteiger charge is 2.31. The molecule has 0 atom stereocenters. The average Bonchev–Trinajstić information content (AvgIpc) is 2.70. The summed E-state index contributed by atoms with van der Waals surface area (Å²) in [5.41, 5.74) is 5.91. The Morgan fingerprint density at radius 2 is 2.06 bits per heavy atom. The molecule has 4 nitrogen and oxygen atoms in total. The number of nitrogens with two attached hydrogens (primary N) is 1. The number of amides is 1. The highest BCUT2D eigenvalue weighted by Crippen LogP contribution is 2.29. The molecule has 0 saturated heterocycles. The molecule has 0 bridgehead atoms. The van der Waals surface area contributed by atoms with E-state index >= 15 is 0 Å². The molecule has 0 aromatic heterocycles. The lowest BCUT2D eigenvalue weighted by molar-refractivity contribution is -0.122. The van der Waals surface area contributed by atoms with Gasteiger partial charge in [0, 0.05) is 31.7 Å². The Balaban J connectivity index is 2.01. The first-order valence-corrected chi connectivity index (χ1v) is 6.80. The summed E-state index contributed by atoms with van der Waals surface area (Å²) < 4.78 is 5.34. The molecule has 1 aliphatic rings. The average molecular weight is 242 g/mol. The number of carbonyl (C=O) groups excluding carboxylic acids is 1. The molecule has 100 valence electrons. The smallest absolute Gasteiger partial charge is 0.221 e. The zero-order valence-corrected chi connectivity index (χ0v) is 11.0. The molecule has 3 N–H and O–H groups in total. The Bertz CT molecular complexity index is 225. The van der Waals surface area contributed by atoms with Gasteiger partial charge in [0.1, 0.15) is 0 Å². The quantitative estimate of drug-likeness (QED) is 0.635. The summed E-state index contributed by atoms with van der Waals surface area (Å²) >= 11 is 0. The van der Waals surface area contributed by atoms with E-state index in [0.29, 0.717) is 13.0 Å². The number of rotatable bonds is 8. The van der Waals surface area contributed by atoms with E-state index in [0.717, 1.165) is 51.7 Å². The van der Waals surface area contributed by atoms with Crippen LogP contribution in [0.15, 0.2) is 0 Å². The Morgan fingerprint density at radius 1 is 1.35 bits per heavy atom. The second-order valence-electron chi connectivity index (χ2n) is 5.06. The summed E-state index contributed by atoms with van der Waals surface area (Å²) in [5.74, 6) is 0.0879. The van der Waals surface area contributed by atoms with Gasteiger partial charge in [-0.05, 0) is 25.7 Å². The van der Waals surface area contributed by atoms with Crippen LogP contribution in [0.4, 0.5) is 0 Å².